The molecule has 0 aliphatic heterocycles. The molecule has 132 valence electrons. The van der Waals surface area contributed by atoms with Crippen molar-refractivity contribution in [1.82, 2.24) is 0 Å². The fourth-order valence-electron chi connectivity index (χ4n) is 3.16. The van der Waals surface area contributed by atoms with Gasteiger partial charge in [-0.25, -0.2) is 0 Å². The van der Waals surface area contributed by atoms with E-state index in [9.17, 15) is 4.79 Å². The summed E-state index contributed by atoms with van der Waals surface area (Å²) in [7, 11) is 1.67. The van der Waals surface area contributed by atoms with Crippen LogP contribution in [-0.4, -0.2) is 19.5 Å². The van der Waals surface area contributed by atoms with Crippen LogP contribution < -0.4 is 4.74 Å². The molecule has 1 aliphatic rings. The summed E-state index contributed by atoms with van der Waals surface area (Å²) < 4.78 is 10.9. The molecular weight excluding hydrogens is 300 g/mol. The third-order valence-corrected chi connectivity index (χ3v) is 4.99. The van der Waals surface area contributed by atoms with Crippen LogP contribution in [0.25, 0.3) is 0 Å². The highest BCUT2D eigenvalue weighted by molar-refractivity contribution is 5.86. The number of methoxy groups -OCH3 is 1. The number of ether oxygens (including phenoxy) is 2. The minimum atomic E-state index is -0.105. The van der Waals surface area contributed by atoms with Crippen LogP contribution in [0.2, 0.25) is 0 Å². The van der Waals surface area contributed by atoms with Crippen molar-refractivity contribution in [1.29, 1.82) is 0 Å². The molecule has 24 heavy (non-hydrogen) atoms. The van der Waals surface area contributed by atoms with Gasteiger partial charge in [-0.15, -0.1) is 0 Å². The van der Waals surface area contributed by atoms with E-state index in [1.54, 1.807) is 7.11 Å². The lowest BCUT2D eigenvalue weighted by Crippen LogP contribution is -2.20. The Bertz CT molecular complexity index is 559. The summed E-state index contributed by atoms with van der Waals surface area (Å²) in [5, 5.41) is 0. The first-order valence-electron chi connectivity index (χ1n) is 8.93. The number of hydrogen-bond donors (Lipinski definition) is 0. The lowest BCUT2D eigenvalue weighted by atomic mass is 9.83. The van der Waals surface area contributed by atoms with Crippen LogP contribution in [0.5, 0.6) is 5.75 Å². The molecule has 1 fully saturated rings. The minimum absolute atomic E-state index is 0.105. The molecule has 0 spiro atoms. The Morgan fingerprint density at radius 2 is 2.04 bits per heavy atom. The number of allylic oxidation sites excluding steroid dienone is 2. The molecule has 0 aromatic heterocycles. The molecule has 3 heteroatoms. The molecule has 1 aliphatic carbocycles. The number of Topliss-reactive ketones (excluding diaryl/α,β-unsaturated/α-hetero) is 1. The zero-order valence-corrected chi connectivity index (χ0v) is 15.3. The van der Waals surface area contributed by atoms with Gasteiger partial charge in [-0.2, -0.15) is 0 Å². The smallest absolute Gasteiger partial charge is 0.139 e. The zero-order valence-electron chi connectivity index (χ0n) is 15.3. The van der Waals surface area contributed by atoms with Crippen LogP contribution in [0.3, 0.4) is 0 Å². The molecule has 1 aromatic rings. The quantitative estimate of drug-likeness (QED) is 0.467. The van der Waals surface area contributed by atoms with E-state index in [0.29, 0.717) is 12.4 Å². The Balaban J connectivity index is 1.62. The normalized spacial score (nSPS) is 21.3. The van der Waals surface area contributed by atoms with Crippen molar-refractivity contribution < 1.29 is 14.3 Å². The lowest BCUT2D eigenvalue weighted by molar-refractivity contribution is -0.124. The highest BCUT2D eigenvalue weighted by Crippen LogP contribution is 2.38. The van der Waals surface area contributed by atoms with Crippen molar-refractivity contribution in [3.63, 3.8) is 0 Å². The van der Waals surface area contributed by atoms with Crippen LogP contribution >= 0.6 is 0 Å². The zero-order chi connectivity index (χ0) is 17.4. The minimum Gasteiger partial charge on any atom is -0.497 e. The summed E-state index contributed by atoms with van der Waals surface area (Å²) in [5.41, 5.74) is 2.42. The van der Waals surface area contributed by atoms with E-state index in [0.717, 1.165) is 56.4 Å². The molecule has 0 heterocycles. The molecular formula is C21H30O3. The van der Waals surface area contributed by atoms with Crippen molar-refractivity contribution in [3.8, 4) is 5.75 Å². The van der Waals surface area contributed by atoms with E-state index in [-0.39, 0.29) is 5.41 Å². The van der Waals surface area contributed by atoms with Crippen molar-refractivity contribution in [2.75, 3.05) is 13.7 Å². The van der Waals surface area contributed by atoms with E-state index >= 15 is 0 Å². The molecule has 0 bridgehead atoms. The maximum atomic E-state index is 11.9. The highest BCUT2D eigenvalue weighted by atomic mass is 16.5. The van der Waals surface area contributed by atoms with Gasteiger partial charge in [0.15, 0.2) is 0 Å². The Hall–Kier alpha value is -1.61. The van der Waals surface area contributed by atoms with E-state index in [1.807, 2.05) is 24.3 Å². The Morgan fingerprint density at radius 1 is 1.29 bits per heavy atom. The van der Waals surface area contributed by atoms with Gasteiger partial charge in [0.1, 0.15) is 11.5 Å². The fraction of sp³-hybridized carbons (Fsp3) is 0.571. The van der Waals surface area contributed by atoms with Gasteiger partial charge in [0.2, 0.25) is 0 Å². The largest absolute Gasteiger partial charge is 0.497 e. The second kappa shape index (κ2) is 9.03. The second-order valence-corrected chi connectivity index (χ2v) is 7.10. The molecule has 0 saturated heterocycles. The van der Waals surface area contributed by atoms with Gasteiger partial charge >= 0.3 is 0 Å². The first-order chi connectivity index (χ1) is 11.5. The van der Waals surface area contributed by atoms with Gasteiger partial charge in [-0.05, 0) is 56.7 Å². The first-order valence-corrected chi connectivity index (χ1v) is 8.93. The maximum absolute atomic E-state index is 11.9. The second-order valence-electron chi connectivity index (χ2n) is 7.10. The number of carbonyl (C=O) groups excluding carboxylic acids is 1. The summed E-state index contributed by atoms with van der Waals surface area (Å²) in [4.78, 5) is 11.9. The highest BCUT2D eigenvalue weighted by Gasteiger charge is 2.35. The van der Waals surface area contributed by atoms with E-state index in [2.05, 4.69) is 19.9 Å². The predicted molar refractivity (Wildman–Crippen MR) is 97.2 cm³/mol. The summed E-state index contributed by atoms with van der Waals surface area (Å²) >= 11 is 0. The van der Waals surface area contributed by atoms with E-state index in [4.69, 9.17) is 9.47 Å². The van der Waals surface area contributed by atoms with Gasteiger partial charge in [0.05, 0.1) is 13.7 Å². The summed E-state index contributed by atoms with van der Waals surface area (Å²) in [6.07, 6.45) is 8.07. The topological polar surface area (TPSA) is 35.5 Å². The van der Waals surface area contributed by atoms with E-state index in [1.165, 1.54) is 5.57 Å². The molecule has 1 atom stereocenters. The Morgan fingerprint density at radius 3 is 2.67 bits per heavy atom. The van der Waals surface area contributed by atoms with Crippen LogP contribution in [0.15, 0.2) is 35.9 Å². The summed E-state index contributed by atoms with van der Waals surface area (Å²) in [5.74, 6) is 1.31. The van der Waals surface area contributed by atoms with Crippen molar-refractivity contribution >= 4 is 5.78 Å². The molecule has 0 unspecified atom stereocenters. The van der Waals surface area contributed by atoms with Gasteiger partial charge in [0.25, 0.3) is 0 Å². The average molecular weight is 330 g/mol. The van der Waals surface area contributed by atoms with Crippen molar-refractivity contribution in [2.24, 2.45) is 5.41 Å². The number of ketones is 1. The van der Waals surface area contributed by atoms with E-state index < -0.39 is 0 Å². The van der Waals surface area contributed by atoms with Gasteiger partial charge < -0.3 is 9.47 Å². The molecule has 1 saturated carbocycles. The number of rotatable bonds is 9. The van der Waals surface area contributed by atoms with Gasteiger partial charge in [0, 0.05) is 18.4 Å². The standard InChI is InChI=1S/C21H30O3/c1-17(12-14-21(2)13-4-7-20(21)22)6-5-15-24-16-18-8-10-19(23-3)11-9-18/h8-12H,4-7,13-16H2,1-3H3/b17-12+/t21-/m1/s1. The molecule has 3 nitrogen and oxygen atoms in total. The number of hydrogen-bond acceptors (Lipinski definition) is 3. The van der Waals surface area contributed by atoms with Gasteiger partial charge in [-0.3, -0.25) is 4.79 Å². The fourth-order valence-corrected chi connectivity index (χ4v) is 3.16. The number of carbonyl (C=O) groups is 1. The molecule has 1 aromatic carbocycles. The summed E-state index contributed by atoms with van der Waals surface area (Å²) in [6, 6.07) is 7.97. The first kappa shape index (κ1) is 18.7. The SMILES string of the molecule is COc1ccc(COCCC/C(C)=C/C[C@@]2(C)CCCC2=O)cc1. The monoisotopic (exact) mass is 330 g/mol. The number of benzene rings is 1. The van der Waals surface area contributed by atoms with Crippen LogP contribution in [0.1, 0.15) is 57.9 Å². The lowest BCUT2D eigenvalue weighted by Gasteiger charge is -2.19. The van der Waals surface area contributed by atoms with Crippen LogP contribution in [-0.2, 0) is 16.1 Å². The van der Waals surface area contributed by atoms with Gasteiger partial charge in [-0.1, -0.05) is 30.7 Å². The molecule has 2 rings (SSSR count). The molecule has 0 radical (unpaired) electrons. The summed E-state index contributed by atoms with van der Waals surface area (Å²) in [6.45, 7) is 5.67. The third-order valence-electron chi connectivity index (χ3n) is 4.99. The molecule has 0 N–H and O–H groups in total. The van der Waals surface area contributed by atoms with Crippen molar-refractivity contribution in [3.05, 3.63) is 41.5 Å². The maximum Gasteiger partial charge on any atom is 0.139 e. The van der Waals surface area contributed by atoms with Crippen molar-refractivity contribution in [2.45, 2.75) is 59.0 Å². The predicted octanol–water partition coefficient (Wildman–Crippen LogP) is 5.09. The third kappa shape index (κ3) is 5.48. The average Bonchev–Trinajstić information content (AvgIpc) is 2.93. The van der Waals surface area contributed by atoms with Crippen LogP contribution in [0.4, 0.5) is 0 Å². The molecule has 0 amide bonds. The Kier molecular flexibility index (Phi) is 7.04. The Labute approximate surface area is 146 Å². The van der Waals surface area contributed by atoms with Crippen LogP contribution in [0, 0.1) is 5.41 Å².